The Morgan fingerprint density at radius 3 is 2.14 bits per heavy atom. The number of ether oxygens (including phenoxy) is 3. The number of alkyl halides is 3. The van der Waals surface area contributed by atoms with Gasteiger partial charge in [0.15, 0.2) is 8.32 Å². The van der Waals surface area contributed by atoms with Crippen molar-refractivity contribution in [3.8, 4) is 0 Å². The molecular formula is C28H38Cl3NO7S2Si. The van der Waals surface area contributed by atoms with Gasteiger partial charge in [-0.3, -0.25) is 9.59 Å². The second-order valence-electron chi connectivity index (χ2n) is 11.5. The monoisotopic (exact) mass is 697 g/mol. The first-order valence-electron chi connectivity index (χ1n) is 13.2. The van der Waals surface area contributed by atoms with Crippen molar-refractivity contribution in [2.45, 2.75) is 89.3 Å². The van der Waals surface area contributed by atoms with Gasteiger partial charge in [-0.1, -0.05) is 91.5 Å². The molecule has 42 heavy (non-hydrogen) atoms. The molecule has 2 aromatic rings. The van der Waals surface area contributed by atoms with Crippen LogP contribution in [-0.4, -0.2) is 70.0 Å². The third-order valence-corrected chi connectivity index (χ3v) is 14.9. The minimum Gasteiger partial charge on any atom is -0.447 e. The molecule has 0 bridgehead atoms. The first-order chi connectivity index (χ1) is 19.4. The normalized spacial score (nSPS) is 23.9. The number of methoxy groups -OCH3 is 1. The summed E-state index contributed by atoms with van der Waals surface area (Å²) >= 11 is 19.2. The molecule has 1 saturated heterocycles. The first kappa shape index (κ1) is 35.6. The lowest BCUT2D eigenvalue weighted by molar-refractivity contribution is -0.229. The Balaban J connectivity index is 2.03. The van der Waals surface area contributed by atoms with E-state index >= 15 is 0 Å². The number of rotatable bonds is 10. The molecule has 1 aliphatic heterocycles. The SMILES string of the molecule is CO[C@H]1[C@H](O[Si](C)(C)C(C)(C)C)[C@@H](COS(=O)(=O)c2ccc(C)cc2)O[C@H](OC(=N)C(Cl)(Cl)Cl)[C@@H]1Sc1ccccc1. The minimum atomic E-state index is -4.14. The van der Waals surface area contributed by atoms with Gasteiger partial charge in [-0.25, -0.2) is 0 Å². The number of thioether (sulfide) groups is 1. The highest BCUT2D eigenvalue weighted by molar-refractivity contribution is 8.00. The van der Waals surface area contributed by atoms with Gasteiger partial charge in [0.25, 0.3) is 13.9 Å². The van der Waals surface area contributed by atoms with E-state index in [-0.39, 0.29) is 9.93 Å². The van der Waals surface area contributed by atoms with Gasteiger partial charge in [0.2, 0.25) is 12.2 Å². The fourth-order valence-corrected chi connectivity index (χ4v) is 7.56. The number of benzene rings is 2. The van der Waals surface area contributed by atoms with Crippen LogP contribution in [0.15, 0.2) is 64.4 Å². The summed E-state index contributed by atoms with van der Waals surface area (Å²) in [5.41, 5.74) is 0.911. The predicted octanol–water partition coefficient (Wildman–Crippen LogP) is 7.36. The van der Waals surface area contributed by atoms with Crippen molar-refractivity contribution in [3.05, 3.63) is 60.2 Å². The van der Waals surface area contributed by atoms with Gasteiger partial charge in [0, 0.05) is 12.0 Å². The second-order valence-corrected chi connectivity index (χ2v) is 21.4. The fraction of sp³-hybridized carbons (Fsp3) is 0.536. The van der Waals surface area contributed by atoms with E-state index in [1.807, 2.05) is 37.3 Å². The minimum absolute atomic E-state index is 0.0114. The van der Waals surface area contributed by atoms with Crippen LogP contribution in [0.25, 0.3) is 0 Å². The van der Waals surface area contributed by atoms with Crippen molar-refractivity contribution < 1.29 is 31.2 Å². The lowest BCUT2D eigenvalue weighted by atomic mass is 10.0. The van der Waals surface area contributed by atoms with Crippen molar-refractivity contribution in [1.82, 2.24) is 0 Å². The average Bonchev–Trinajstić information content (AvgIpc) is 2.89. The summed E-state index contributed by atoms with van der Waals surface area (Å²) in [7, 11) is -5.07. The lowest BCUT2D eigenvalue weighted by Gasteiger charge is -2.49. The molecule has 0 unspecified atom stereocenters. The molecule has 14 heteroatoms. The largest absolute Gasteiger partial charge is 0.447 e. The first-order valence-corrected chi connectivity index (χ1v) is 19.5. The van der Waals surface area contributed by atoms with Crippen LogP contribution in [0.3, 0.4) is 0 Å². The summed E-state index contributed by atoms with van der Waals surface area (Å²) in [6, 6.07) is 15.9. The lowest BCUT2D eigenvalue weighted by Crippen LogP contribution is -2.63. The molecule has 234 valence electrons. The zero-order valence-electron chi connectivity index (χ0n) is 24.6. The van der Waals surface area contributed by atoms with E-state index in [0.29, 0.717) is 0 Å². The number of nitrogens with one attached hydrogen (secondary N) is 1. The molecule has 0 saturated carbocycles. The summed E-state index contributed by atoms with van der Waals surface area (Å²) < 4.78 is 54.7. The van der Waals surface area contributed by atoms with Gasteiger partial charge in [-0.2, -0.15) is 8.42 Å². The van der Waals surface area contributed by atoms with Crippen LogP contribution in [0.1, 0.15) is 26.3 Å². The summed E-state index contributed by atoms with van der Waals surface area (Å²) in [6.07, 6.45) is -3.61. The molecule has 1 heterocycles. The van der Waals surface area contributed by atoms with Crippen LogP contribution in [0.4, 0.5) is 0 Å². The fourth-order valence-electron chi connectivity index (χ4n) is 3.93. The molecule has 8 nitrogen and oxygen atoms in total. The van der Waals surface area contributed by atoms with E-state index in [4.69, 9.17) is 63.0 Å². The second kappa shape index (κ2) is 14.1. The molecule has 5 atom stereocenters. The maximum absolute atomic E-state index is 13.1. The van der Waals surface area contributed by atoms with Crippen molar-refractivity contribution in [2.24, 2.45) is 0 Å². The highest BCUT2D eigenvalue weighted by atomic mass is 35.6. The topological polar surface area (TPSA) is 104 Å². The molecular weight excluding hydrogens is 661 g/mol. The van der Waals surface area contributed by atoms with Crippen molar-refractivity contribution in [3.63, 3.8) is 0 Å². The van der Waals surface area contributed by atoms with E-state index in [1.54, 1.807) is 12.1 Å². The Labute approximate surface area is 269 Å². The summed E-state index contributed by atoms with van der Waals surface area (Å²) in [5.74, 6) is -0.651. The zero-order valence-corrected chi connectivity index (χ0v) is 29.5. The molecule has 1 N–H and O–H groups in total. The van der Waals surface area contributed by atoms with Crippen LogP contribution in [0.2, 0.25) is 18.1 Å². The molecule has 1 fully saturated rings. The van der Waals surface area contributed by atoms with Crippen LogP contribution in [0.5, 0.6) is 0 Å². The smallest absolute Gasteiger partial charge is 0.297 e. The number of aryl methyl sites for hydroxylation is 1. The molecule has 0 aromatic heterocycles. The van der Waals surface area contributed by atoms with Crippen LogP contribution < -0.4 is 0 Å². The summed E-state index contributed by atoms with van der Waals surface area (Å²) in [5, 5.41) is 7.45. The maximum Gasteiger partial charge on any atom is 0.297 e. The van der Waals surface area contributed by atoms with Gasteiger partial charge in [-0.05, 0) is 49.3 Å². The third-order valence-electron chi connectivity index (χ3n) is 7.30. The summed E-state index contributed by atoms with van der Waals surface area (Å²) in [4.78, 5) is 0.891. The van der Waals surface area contributed by atoms with E-state index in [1.165, 1.54) is 31.0 Å². The summed E-state index contributed by atoms with van der Waals surface area (Å²) in [6.45, 7) is 11.9. The molecule has 0 spiro atoms. The van der Waals surface area contributed by atoms with Crippen LogP contribution >= 0.6 is 46.6 Å². The highest BCUT2D eigenvalue weighted by Gasteiger charge is 2.53. The van der Waals surface area contributed by atoms with Crippen LogP contribution in [0, 0.1) is 12.3 Å². The molecule has 0 radical (unpaired) electrons. The quantitative estimate of drug-likeness (QED) is 0.0903. The number of hydrogen-bond acceptors (Lipinski definition) is 9. The van der Waals surface area contributed by atoms with Gasteiger partial charge in [0.05, 0.1) is 11.5 Å². The van der Waals surface area contributed by atoms with Gasteiger partial charge >= 0.3 is 0 Å². The third kappa shape index (κ3) is 9.09. The van der Waals surface area contributed by atoms with Crippen molar-refractivity contribution in [1.29, 1.82) is 5.41 Å². The Morgan fingerprint density at radius 2 is 1.62 bits per heavy atom. The standard InChI is InChI=1S/C28H38Cl3NO7S2Si/c1-18-13-15-20(16-14-18)41(33,34)36-17-21-22(39-42(6,7)27(2,3)4)23(35-5)24(40-19-11-9-8-10-12-19)25(37-21)38-26(32)28(29,30)31/h8-16,21-25,32H,17H2,1-7H3/t21-,22-,23+,24-,25-/m1/s1. The Morgan fingerprint density at radius 1 is 1.02 bits per heavy atom. The van der Waals surface area contributed by atoms with Gasteiger partial charge in [0.1, 0.15) is 23.6 Å². The average molecular weight is 699 g/mol. The maximum atomic E-state index is 13.1. The zero-order chi connectivity index (χ0) is 31.5. The van der Waals surface area contributed by atoms with Crippen LogP contribution in [-0.2, 0) is 32.9 Å². The Hall–Kier alpha value is -0.863. The van der Waals surface area contributed by atoms with E-state index in [9.17, 15) is 8.42 Å². The van der Waals surface area contributed by atoms with Gasteiger partial charge in [-0.15, -0.1) is 11.8 Å². The number of halogens is 3. The number of hydrogen-bond donors (Lipinski definition) is 1. The Bertz CT molecular complexity index is 1300. The molecule has 0 aliphatic carbocycles. The van der Waals surface area contributed by atoms with Crippen molar-refractivity contribution in [2.75, 3.05) is 13.7 Å². The molecule has 2 aromatic carbocycles. The van der Waals surface area contributed by atoms with E-state index in [0.717, 1.165) is 10.5 Å². The predicted molar refractivity (Wildman–Crippen MR) is 171 cm³/mol. The molecule has 3 rings (SSSR count). The highest BCUT2D eigenvalue weighted by Crippen LogP contribution is 2.43. The van der Waals surface area contributed by atoms with Crippen molar-refractivity contribution >= 4 is 70.9 Å². The van der Waals surface area contributed by atoms with Gasteiger partial charge < -0.3 is 18.6 Å². The van der Waals surface area contributed by atoms with E-state index in [2.05, 4.69) is 33.9 Å². The molecule has 0 amide bonds. The van der Waals surface area contributed by atoms with E-state index < -0.39 is 64.6 Å². The molecule has 1 aliphatic rings. The Kier molecular flexibility index (Phi) is 11.9.